The Labute approximate surface area is 81.6 Å². The van der Waals surface area contributed by atoms with Gasteiger partial charge >= 0.3 is 0 Å². The summed E-state index contributed by atoms with van der Waals surface area (Å²) in [5.74, 6) is 1.51. The number of nitrogen functional groups attached to an aromatic ring is 1. The molecule has 2 aromatic rings. The molecule has 2 rings (SSSR count). The first-order valence-corrected chi connectivity index (χ1v) is 4.24. The molecule has 0 aliphatic rings. The van der Waals surface area contributed by atoms with Gasteiger partial charge in [-0.3, -0.25) is 0 Å². The van der Waals surface area contributed by atoms with Gasteiger partial charge in [0.25, 0.3) is 0 Å². The van der Waals surface area contributed by atoms with E-state index >= 15 is 0 Å². The van der Waals surface area contributed by atoms with E-state index < -0.39 is 0 Å². The van der Waals surface area contributed by atoms with Gasteiger partial charge in [0, 0.05) is 25.0 Å². The molecule has 0 radical (unpaired) electrons. The predicted octanol–water partition coefficient (Wildman–Crippen LogP) is 0.768. The third-order valence-corrected chi connectivity index (χ3v) is 2.20. The summed E-state index contributed by atoms with van der Waals surface area (Å²) in [6, 6.07) is 0. The van der Waals surface area contributed by atoms with Crippen molar-refractivity contribution in [3.05, 3.63) is 24.5 Å². The van der Waals surface area contributed by atoms with Gasteiger partial charge in [0.2, 0.25) is 0 Å². The van der Waals surface area contributed by atoms with Crippen LogP contribution in [0.15, 0.2) is 18.7 Å². The van der Waals surface area contributed by atoms with E-state index in [2.05, 4.69) is 15.0 Å². The monoisotopic (exact) mass is 189 g/mol. The van der Waals surface area contributed by atoms with Crippen LogP contribution in [-0.4, -0.2) is 19.5 Å². The van der Waals surface area contributed by atoms with E-state index in [9.17, 15) is 0 Å². The zero-order chi connectivity index (χ0) is 10.1. The molecule has 0 amide bonds. The third kappa shape index (κ3) is 1.22. The lowest BCUT2D eigenvalue weighted by molar-refractivity contribution is 0.868. The Balaban J connectivity index is 2.58. The first-order chi connectivity index (χ1) is 6.70. The third-order valence-electron chi connectivity index (χ3n) is 2.20. The fourth-order valence-electron chi connectivity index (χ4n) is 1.26. The van der Waals surface area contributed by atoms with Crippen LogP contribution in [0.3, 0.4) is 0 Å². The standard InChI is InChI=1S/C9H11N5/c1-6-13-8(9(10)14(6)2)7-3-11-5-12-4-7/h3-5H,10H2,1-2H3. The quantitative estimate of drug-likeness (QED) is 0.719. The Kier molecular flexibility index (Phi) is 1.92. The van der Waals surface area contributed by atoms with Crippen molar-refractivity contribution in [1.29, 1.82) is 0 Å². The van der Waals surface area contributed by atoms with Crippen molar-refractivity contribution >= 4 is 5.82 Å². The second-order valence-corrected chi connectivity index (χ2v) is 3.08. The fourth-order valence-corrected chi connectivity index (χ4v) is 1.26. The maximum atomic E-state index is 5.88. The van der Waals surface area contributed by atoms with Crippen LogP contribution in [0, 0.1) is 6.92 Å². The highest BCUT2D eigenvalue weighted by Gasteiger charge is 2.10. The second-order valence-electron chi connectivity index (χ2n) is 3.08. The van der Waals surface area contributed by atoms with Gasteiger partial charge < -0.3 is 10.3 Å². The Hall–Kier alpha value is -1.91. The highest BCUT2D eigenvalue weighted by atomic mass is 15.1. The fraction of sp³-hybridized carbons (Fsp3) is 0.222. The van der Waals surface area contributed by atoms with Gasteiger partial charge in [0.15, 0.2) is 0 Å². The maximum absolute atomic E-state index is 5.88. The highest BCUT2D eigenvalue weighted by Crippen LogP contribution is 2.23. The lowest BCUT2D eigenvalue weighted by Gasteiger charge is -1.98. The molecule has 2 N–H and O–H groups in total. The normalized spacial score (nSPS) is 10.4. The number of imidazole rings is 1. The van der Waals surface area contributed by atoms with E-state index in [1.54, 1.807) is 12.4 Å². The van der Waals surface area contributed by atoms with Gasteiger partial charge in [-0.2, -0.15) is 0 Å². The van der Waals surface area contributed by atoms with Crippen molar-refractivity contribution in [3.63, 3.8) is 0 Å². The summed E-state index contributed by atoms with van der Waals surface area (Å²) < 4.78 is 1.84. The molecular weight excluding hydrogens is 178 g/mol. The van der Waals surface area contributed by atoms with Gasteiger partial charge in [-0.1, -0.05) is 0 Å². The van der Waals surface area contributed by atoms with Crippen LogP contribution in [0.2, 0.25) is 0 Å². The molecule has 0 unspecified atom stereocenters. The van der Waals surface area contributed by atoms with Gasteiger partial charge in [0.1, 0.15) is 23.7 Å². The van der Waals surface area contributed by atoms with Crippen LogP contribution in [-0.2, 0) is 7.05 Å². The predicted molar refractivity (Wildman–Crippen MR) is 53.4 cm³/mol. The molecule has 72 valence electrons. The first kappa shape index (κ1) is 8.68. The molecule has 0 fully saturated rings. The Morgan fingerprint density at radius 1 is 1.29 bits per heavy atom. The minimum Gasteiger partial charge on any atom is -0.383 e. The molecule has 5 heteroatoms. The average molecular weight is 189 g/mol. The molecule has 0 saturated heterocycles. The summed E-state index contributed by atoms with van der Waals surface area (Å²) >= 11 is 0. The molecule has 2 heterocycles. The van der Waals surface area contributed by atoms with Crippen LogP contribution < -0.4 is 5.73 Å². The number of aromatic nitrogens is 4. The average Bonchev–Trinajstić information content (AvgIpc) is 2.47. The van der Waals surface area contributed by atoms with E-state index in [4.69, 9.17) is 5.73 Å². The van der Waals surface area contributed by atoms with Gasteiger partial charge in [-0.25, -0.2) is 15.0 Å². The lowest BCUT2D eigenvalue weighted by atomic mass is 10.2. The number of anilines is 1. The molecule has 0 saturated carbocycles. The van der Waals surface area contributed by atoms with Crippen molar-refractivity contribution in [2.45, 2.75) is 6.92 Å². The van der Waals surface area contributed by atoms with Gasteiger partial charge in [-0.15, -0.1) is 0 Å². The van der Waals surface area contributed by atoms with Crippen molar-refractivity contribution in [3.8, 4) is 11.3 Å². The van der Waals surface area contributed by atoms with Crippen LogP contribution >= 0.6 is 0 Å². The minimum absolute atomic E-state index is 0.636. The number of nitrogens with zero attached hydrogens (tertiary/aromatic N) is 4. The largest absolute Gasteiger partial charge is 0.383 e. The first-order valence-electron chi connectivity index (χ1n) is 4.24. The maximum Gasteiger partial charge on any atom is 0.131 e. The smallest absolute Gasteiger partial charge is 0.131 e. The summed E-state index contributed by atoms with van der Waals surface area (Å²) in [6.45, 7) is 1.91. The Morgan fingerprint density at radius 2 is 1.93 bits per heavy atom. The summed E-state index contributed by atoms with van der Waals surface area (Å²) in [5, 5.41) is 0. The van der Waals surface area contributed by atoms with Gasteiger partial charge in [-0.05, 0) is 6.92 Å². The molecular formula is C9H11N5. The number of nitrogens with two attached hydrogens (primary N) is 1. The van der Waals surface area contributed by atoms with E-state index in [-0.39, 0.29) is 0 Å². The van der Waals surface area contributed by atoms with Crippen LogP contribution in [0.25, 0.3) is 11.3 Å². The van der Waals surface area contributed by atoms with E-state index in [0.717, 1.165) is 17.1 Å². The van der Waals surface area contributed by atoms with E-state index in [1.807, 2.05) is 18.5 Å². The summed E-state index contributed by atoms with van der Waals surface area (Å²) in [6.07, 6.45) is 4.88. The van der Waals surface area contributed by atoms with Crippen molar-refractivity contribution in [2.75, 3.05) is 5.73 Å². The van der Waals surface area contributed by atoms with Crippen LogP contribution in [0.4, 0.5) is 5.82 Å². The minimum atomic E-state index is 0.636. The Morgan fingerprint density at radius 3 is 2.43 bits per heavy atom. The summed E-state index contributed by atoms with van der Waals surface area (Å²) in [7, 11) is 1.88. The number of hydrogen-bond acceptors (Lipinski definition) is 4. The molecule has 0 atom stereocenters. The van der Waals surface area contributed by atoms with E-state index in [1.165, 1.54) is 6.33 Å². The van der Waals surface area contributed by atoms with Crippen LogP contribution in [0.1, 0.15) is 5.82 Å². The van der Waals surface area contributed by atoms with Crippen molar-refractivity contribution in [1.82, 2.24) is 19.5 Å². The summed E-state index contributed by atoms with van der Waals surface area (Å²) in [4.78, 5) is 12.2. The molecule has 0 aromatic carbocycles. The topological polar surface area (TPSA) is 69.6 Å². The van der Waals surface area contributed by atoms with Crippen LogP contribution in [0.5, 0.6) is 0 Å². The van der Waals surface area contributed by atoms with Crippen molar-refractivity contribution in [2.24, 2.45) is 7.05 Å². The summed E-state index contributed by atoms with van der Waals surface area (Å²) in [5.41, 5.74) is 7.46. The number of hydrogen-bond donors (Lipinski definition) is 1. The molecule has 0 aliphatic heterocycles. The zero-order valence-corrected chi connectivity index (χ0v) is 8.10. The molecule has 0 aliphatic carbocycles. The molecule has 0 bridgehead atoms. The van der Waals surface area contributed by atoms with Gasteiger partial charge in [0.05, 0.1) is 0 Å². The highest BCUT2D eigenvalue weighted by molar-refractivity contribution is 5.69. The molecule has 5 nitrogen and oxygen atoms in total. The number of rotatable bonds is 1. The van der Waals surface area contributed by atoms with E-state index in [0.29, 0.717) is 5.82 Å². The zero-order valence-electron chi connectivity index (χ0n) is 8.10. The number of aryl methyl sites for hydroxylation is 1. The van der Waals surface area contributed by atoms with Crippen molar-refractivity contribution < 1.29 is 0 Å². The molecule has 2 aromatic heterocycles. The SMILES string of the molecule is Cc1nc(-c2cncnc2)c(N)n1C. The molecule has 14 heavy (non-hydrogen) atoms. The molecule has 0 spiro atoms. The lowest BCUT2D eigenvalue weighted by Crippen LogP contribution is -1.98. The second kappa shape index (κ2) is 3.10. The Bertz CT molecular complexity index is 446.